The number of β-amino-alcohol motifs (C(OH)–C–C–N with tert-alkyl or cyclic N) is 1. The Morgan fingerprint density at radius 2 is 2.30 bits per heavy atom. The van der Waals surface area contributed by atoms with Gasteiger partial charge in [0.15, 0.2) is 5.82 Å². The molecule has 0 unspecified atom stereocenters. The van der Waals surface area contributed by atoms with Crippen molar-refractivity contribution < 1.29 is 9.50 Å². The fourth-order valence-corrected chi connectivity index (χ4v) is 2.68. The van der Waals surface area contributed by atoms with Crippen molar-refractivity contribution in [2.45, 2.75) is 25.1 Å². The highest BCUT2D eigenvalue weighted by molar-refractivity contribution is 5.21. The Balaban J connectivity index is 1.83. The lowest BCUT2D eigenvalue weighted by Crippen LogP contribution is -2.26. The summed E-state index contributed by atoms with van der Waals surface area (Å²) in [5, 5.41) is 21.3. The maximum atomic E-state index is 13.4. The van der Waals surface area contributed by atoms with Gasteiger partial charge in [-0.05, 0) is 34.5 Å². The number of halogens is 1. The number of nitrogens with zero attached hydrogens (tertiary/aromatic N) is 5. The Labute approximate surface area is 115 Å². The molecule has 0 radical (unpaired) electrons. The van der Waals surface area contributed by atoms with Gasteiger partial charge in [-0.25, -0.2) is 9.07 Å². The first kappa shape index (κ1) is 13.1. The summed E-state index contributed by atoms with van der Waals surface area (Å²) in [5.41, 5.74) is 0.872. The fraction of sp³-hybridized carbons (Fsp3) is 0.462. The van der Waals surface area contributed by atoms with E-state index in [1.54, 1.807) is 17.8 Å². The van der Waals surface area contributed by atoms with Gasteiger partial charge in [0.25, 0.3) is 0 Å². The van der Waals surface area contributed by atoms with Crippen LogP contribution in [0.15, 0.2) is 24.3 Å². The monoisotopic (exact) mass is 277 g/mol. The molecule has 6 nitrogen and oxygen atoms in total. The van der Waals surface area contributed by atoms with Crippen molar-refractivity contribution in [3.05, 3.63) is 41.5 Å². The van der Waals surface area contributed by atoms with Crippen molar-refractivity contribution >= 4 is 0 Å². The second kappa shape index (κ2) is 5.26. The Morgan fingerprint density at radius 3 is 3.00 bits per heavy atom. The van der Waals surface area contributed by atoms with Crippen LogP contribution in [0, 0.1) is 5.82 Å². The summed E-state index contributed by atoms with van der Waals surface area (Å²) < 4.78 is 15.0. The number of rotatable bonds is 3. The summed E-state index contributed by atoms with van der Waals surface area (Å²) >= 11 is 0. The van der Waals surface area contributed by atoms with E-state index in [2.05, 4.69) is 20.4 Å². The van der Waals surface area contributed by atoms with Crippen LogP contribution < -0.4 is 0 Å². The van der Waals surface area contributed by atoms with Gasteiger partial charge in [-0.2, -0.15) is 0 Å². The number of aliphatic hydroxyl groups is 1. The van der Waals surface area contributed by atoms with E-state index >= 15 is 0 Å². The molecule has 1 aromatic carbocycles. The third-order valence-electron chi connectivity index (χ3n) is 3.67. The number of aromatic nitrogens is 4. The third-order valence-corrected chi connectivity index (χ3v) is 3.67. The first-order valence-electron chi connectivity index (χ1n) is 6.52. The second-order valence-corrected chi connectivity index (χ2v) is 5.11. The lowest BCUT2D eigenvalue weighted by atomic mass is 10.0. The first-order chi connectivity index (χ1) is 9.63. The van der Waals surface area contributed by atoms with Gasteiger partial charge in [0.05, 0.1) is 12.6 Å². The van der Waals surface area contributed by atoms with Crippen molar-refractivity contribution in [2.75, 3.05) is 6.54 Å². The van der Waals surface area contributed by atoms with Crippen LogP contribution in [0.2, 0.25) is 0 Å². The van der Waals surface area contributed by atoms with Crippen LogP contribution in [0.1, 0.15) is 23.9 Å². The van der Waals surface area contributed by atoms with Crippen LogP contribution in [0.25, 0.3) is 0 Å². The Hall–Kier alpha value is -1.86. The summed E-state index contributed by atoms with van der Waals surface area (Å²) in [5.74, 6) is 0.463. The molecule has 106 valence electrons. The van der Waals surface area contributed by atoms with Gasteiger partial charge in [-0.15, -0.1) is 5.10 Å². The van der Waals surface area contributed by atoms with Crippen LogP contribution in [0.3, 0.4) is 0 Å². The molecule has 20 heavy (non-hydrogen) atoms. The molecule has 0 amide bonds. The number of aliphatic hydroxyl groups excluding tert-OH is 1. The summed E-state index contributed by atoms with van der Waals surface area (Å²) in [6.07, 6.45) is 0.179. The molecule has 2 heterocycles. The number of aryl methyl sites for hydroxylation is 1. The molecule has 1 saturated heterocycles. The van der Waals surface area contributed by atoms with E-state index in [0.717, 1.165) is 11.4 Å². The molecule has 1 N–H and O–H groups in total. The molecule has 1 fully saturated rings. The standard InChI is InChI=1S/C13H16FN5O/c1-18-13(15-16-17-18)8-19-7-11(20)6-12(19)9-3-2-4-10(14)5-9/h2-5,11-12,20H,6-8H2,1H3/t11-,12+/m1/s1. The molecule has 1 aliphatic rings. The minimum atomic E-state index is -0.413. The number of tetrazole rings is 1. The van der Waals surface area contributed by atoms with Crippen LogP contribution in [-0.2, 0) is 13.6 Å². The third kappa shape index (κ3) is 2.54. The molecule has 0 spiro atoms. The quantitative estimate of drug-likeness (QED) is 0.892. The second-order valence-electron chi connectivity index (χ2n) is 5.11. The maximum absolute atomic E-state index is 13.4. The zero-order valence-corrected chi connectivity index (χ0v) is 11.1. The molecular formula is C13H16FN5O. The summed E-state index contributed by atoms with van der Waals surface area (Å²) in [4.78, 5) is 2.07. The first-order valence-corrected chi connectivity index (χ1v) is 6.52. The molecule has 0 saturated carbocycles. The minimum Gasteiger partial charge on any atom is -0.392 e. The van der Waals surface area contributed by atoms with Crippen LogP contribution >= 0.6 is 0 Å². The molecule has 3 rings (SSSR count). The summed E-state index contributed by atoms with van der Waals surface area (Å²) in [7, 11) is 1.78. The molecule has 1 aliphatic heterocycles. The number of hydrogen-bond donors (Lipinski definition) is 1. The molecular weight excluding hydrogens is 261 g/mol. The van der Waals surface area contributed by atoms with Crippen LogP contribution in [0.5, 0.6) is 0 Å². The number of benzene rings is 1. The predicted octanol–water partition coefficient (Wildman–Crippen LogP) is 0.657. The van der Waals surface area contributed by atoms with E-state index in [-0.39, 0.29) is 11.9 Å². The van der Waals surface area contributed by atoms with Gasteiger partial charge in [-0.3, -0.25) is 4.90 Å². The maximum Gasteiger partial charge on any atom is 0.165 e. The van der Waals surface area contributed by atoms with Crippen molar-refractivity contribution in [2.24, 2.45) is 7.05 Å². The predicted molar refractivity (Wildman–Crippen MR) is 69.0 cm³/mol. The average molecular weight is 277 g/mol. The Kier molecular flexibility index (Phi) is 3.45. The minimum absolute atomic E-state index is 0.0163. The van der Waals surface area contributed by atoms with E-state index in [9.17, 15) is 9.50 Å². The molecule has 2 aromatic rings. The highest BCUT2D eigenvalue weighted by Crippen LogP contribution is 2.33. The van der Waals surface area contributed by atoms with E-state index in [1.807, 2.05) is 6.07 Å². The van der Waals surface area contributed by atoms with Crippen molar-refractivity contribution in [1.82, 2.24) is 25.1 Å². The van der Waals surface area contributed by atoms with E-state index in [1.165, 1.54) is 12.1 Å². The smallest absolute Gasteiger partial charge is 0.165 e. The van der Waals surface area contributed by atoms with Crippen molar-refractivity contribution in [3.63, 3.8) is 0 Å². The summed E-state index contributed by atoms with van der Waals surface area (Å²) in [6, 6.07) is 6.50. The summed E-state index contributed by atoms with van der Waals surface area (Å²) in [6.45, 7) is 1.07. The van der Waals surface area contributed by atoms with E-state index < -0.39 is 6.10 Å². The lowest BCUT2D eigenvalue weighted by Gasteiger charge is -2.23. The molecule has 2 atom stereocenters. The highest BCUT2D eigenvalue weighted by Gasteiger charge is 2.33. The van der Waals surface area contributed by atoms with Gasteiger partial charge < -0.3 is 5.11 Å². The van der Waals surface area contributed by atoms with Gasteiger partial charge in [0, 0.05) is 19.6 Å². The zero-order valence-electron chi connectivity index (χ0n) is 11.1. The average Bonchev–Trinajstić information content (AvgIpc) is 2.97. The lowest BCUT2D eigenvalue weighted by molar-refractivity contribution is 0.170. The molecule has 1 aromatic heterocycles. The van der Waals surface area contributed by atoms with Gasteiger partial charge in [0.1, 0.15) is 5.82 Å². The molecule has 0 bridgehead atoms. The van der Waals surface area contributed by atoms with E-state index in [4.69, 9.17) is 0 Å². The Morgan fingerprint density at radius 1 is 1.45 bits per heavy atom. The van der Waals surface area contributed by atoms with Gasteiger partial charge in [-0.1, -0.05) is 12.1 Å². The van der Waals surface area contributed by atoms with Crippen LogP contribution in [-0.4, -0.2) is 42.9 Å². The zero-order chi connectivity index (χ0) is 14.1. The largest absolute Gasteiger partial charge is 0.392 e. The van der Waals surface area contributed by atoms with Crippen LogP contribution in [0.4, 0.5) is 4.39 Å². The van der Waals surface area contributed by atoms with E-state index in [0.29, 0.717) is 19.5 Å². The van der Waals surface area contributed by atoms with Crippen molar-refractivity contribution in [3.8, 4) is 0 Å². The topological polar surface area (TPSA) is 67.1 Å². The SMILES string of the molecule is Cn1nnnc1CN1C[C@H](O)C[C@H]1c1cccc(F)c1. The normalized spacial score (nSPS) is 23.4. The highest BCUT2D eigenvalue weighted by atomic mass is 19.1. The fourth-order valence-electron chi connectivity index (χ4n) is 2.68. The van der Waals surface area contributed by atoms with Crippen molar-refractivity contribution in [1.29, 1.82) is 0 Å². The Bertz CT molecular complexity index is 602. The number of hydrogen-bond acceptors (Lipinski definition) is 5. The van der Waals surface area contributed by atoms with Gasteiger partial charge >= 0.3 is 0 Å². The molecule has 0 aliphatic carbocycles. The van der Waals surface area contributed by atoms with Gasteiger partial charge in [0.2, 0.25) is 0 Å². The number of likely N-dealkylation sites (tertiary alicyclic amines) is 1. The molecule has 7 heteroatoms.